The molecule has 0 bridgehead atoms. The van der Waals surface area contributed by atoms with Gasteiger partial charge in [-0.2, -0.15) is 0 Å². The average molecular weight is 222 g/mol. The van der Waals surface area contributed by atoms with Gasteiger partial charge in [0.2, 0.25) is 0 Å². The fraction of sp³-hybridized carbons (Fsp3) is 0.364. The first-order valence-corrected chi connectivity index (χ1v) is 5.11. The summed E-state index contributed by atoms with van der Waals surface area (Å²) in [6, 6.07) is 5.11. The van der Waals surface area contributed by atoms with Gasteiger partial charge in [-0.15, -0.1) is 0 Å². The number of hydrogen-bond donors (Lipinski definition) is 2. The predicted octanol–water partition coefficient (Wildman–Crippen LogP) is 1.07. The van der Waals surface area contributed by atoms with Crippen molar-refractivity contribution in [2.45, 2.75) is 19.3 Å². The van der Waals surface area contributed by atoms with Gasteiger partial charge in [0, 0.05) is 19.2 Å². The molecule has 0 aliphatic rings. The molecule has 0 fully saturated rings. The summed E-state index contributed by atoms with van der Waals surface area (Å²) in [6.45, 7) is 0.475. The highest BCUT2D eigenvalue weighted by molar-refractivity contribution is 5.92. The first kappa shape index (κ1) is 12.2. The third kappa shape index (κ3) is 4.54. The molecule has 1 aromatic rings. The topological polar surface area (TPSA) is 79.3 Å². The molecule has 5 heteroatoms. The number of carbonyl (C=O) groups is 2. The number of aromatic nitrogens is 1. The first-order valence-electron chi connectivity index (χ1n) is 5.11. The molecule has 0 unspecified atom stereocenters. The zero-order chi connectivity index (χ0) is 11.8. The first-order chi connectivity index (χ1) is 7.70. The Morgan fingerprint density at radius 2 is 2.12 bits per heavy atom. The second kappa shape index (κ2) is 6.55. The van der Waals surface area contributed by atoms with Crippen molar-refractivity contribution >= 4 is 11.9 Å². The van der Waals surface area contributed by atoms with Gasteiger partial charge in [-0.25, -0.2) is 0 Å². The molecule has 0 aliphatic carbocycles. The van der Waals surface area contributed by atoms with Crippen molar-refractivity contribution in [3.05, 3.63) is 30.1 Å². The maximum Gasteiger partial charge on any atom is 0.303 e. The number of carboxylic acid groups (broad SMARTS) is 1. The largest absolute Gasteiger partial charge is 0.481 e. The van der Waals surface area contributed by atoms with E-state index in [4.69, 9.17) is 5.11 Å². The van der Waals surface area contributed by atoms with Crippen LogP contribution in [0.2, 0.25) is 0 Å². The van der Waals surface area contributed by atoms with Crippen LogP contribution in [-0.4, -0.2) is 28.5 Å². The number of nitrogens with zero attached hydrogens (tertiary/aromatic N) is 1. The molecule has 0 spiro atoms. The Kier molecular flexibility index (Phi) is 4.98. The molecule has 0 saturated heterocycles. The Bertz CT molecular complexity index is 352. The minimum atomic E-state index is -0.809. The molecule has 86 valence electrons. The second-order valence-corrected chi connectivity index (χ2v) is 3.32. The van der Waals surface area contributed by atoms with E-state index in [2.05, 4.69) is 10.3 Å². The van der Waals surface area contributed by atoms with Crippen molar-refractivity contribution in [1.82, 2.24) is 10.3 Å². The van der Waals surface area contributed by atoms with Crippen LogP contribution in [0.25, 0.3) is 0 Å². The maximum atomic E-state index is 11.5. The van der Waals surface area contributed by atoms with Gasteiger partial charge in [0.05, 0.1) is 0 Å². The molecule has 0 saturated carbocycles. The lowest BCUT2D eigenvalue weighted by atomic mass is 10.2. The van der Waals surface area contributed by atoms with Gasteiger partial charge in [-0.3, -0.25) is 14.6 Å². The summed E-state index contributed by atoms with van der Waals surface area (Å²) in [7, 11) is 0. The van der Waals surface area contributed by atoms with Crippen LogP contribution < -0.4 is 5.32 Å². The van der Waals surface area contributed by atoms with Crippen LogP contribution in [0.5, 0.6) is 0 Å². The van der Waals surface area contributed by atoms with Crippen molar-refractivity contribution in [3.8, 4) is 0 Å². The zero-order valence-corrected chi connectivity index (χ0v) is 8.85. The minimum absolute atomic E-state index is 0.138. The molecule has 1 rings (SSSR count). The van der Waals surface area contributed by atoms with Gasteiger partial charge in [0.1, 0.15) is 5.69 Å². The number of unbranched alkanes of at least 4 members (excludes halogenated alkanes) is 1. The second-order valence-electron chi connectivity index (χ2n) is 3.32. The van der Waals surface area contributed by atoms with E-state index in [9.17, 15) is 9.59 Å². The summed E-state index contributed by atoms with van der Waals surface area (Å²) in [5.41, 5.74) is 0.376. The van der Waals surface area contributed by atoms with E-state index in [0.29, 0.717) is 25.1 Å². The molecular weight excluding hydrogens is 208 g/mol. The number of carboxylic acids is 1. The lowest BCUT2D eigenvalue weighted by Crippen LogP contribution is -2.25. The van der Waals surface area contributed by atoms with E-state index in [0.717, 1.165) is 0 Å². The number of nitrogens with one attached hydrogen (secondary N) is 1. The van der Waals surface area contributed by atoms with Gasteiger partial charge in [0.25, 0.3) is 5.91 Å². The molecular formula is C11H14N2O3. The molecule has 0 aliphatic heterocycles. The molecule has 0 aromatic carbocycles. The van der Waals surface area contributed by atoms with Crippen molar-refractivity contribution in [2.75, 3.05) is 6.54 Å². The van der Waals surface area contributed by atoms with E-state index in [-0.39, 0.29) is 12.3 Å². The quantitative estimate of drug-likeness (QED) is 0.705. The van der Waals surface area contributed by atoms with Gasteiger partial charge in [-0.05, 0) is 25.0 Å². The summed E-state index contributed by atoms with van der Waals surface area (Å²) < 4.78 is 0. The van der Waals surface area contributed by atoms with Crippen LogP contribution in [0.3, 0.4) is 0 Å². The van der Waals surface area contributed by atoms with Gasteiger partial charge in [-0.1, -0.05) is 6.07 Å². The Morgan fingerprint density at radius 1 is 1.31 bits per heavy atom. The number of amides is 1. The van der Waals surface area contributed by atoms with Gasteiger partial charge in [0.15, 0.2) is 0 Å². The minimum Gasteiger partial charge on any atom is -0.481 e. The molecule has 1 heterocycles. The number of hydrogen-bond acceptors (Lipinski definition) is 3. The van der Waals surface area contributed by atoms with Crippen molar-refractivity contribution < 1.29 is 14.7 Å². The molecule has 1 amide bonds. The Balaban J connectivity index is 2.19. The third-order valence-electron chi connectivity index (χ3n) is 2.00. The van der Waals surface area contributed by atoms with E-state index in [1.165, 1.54) is 0 Å². The summed E-state index contributed by atoms with van der Waals surface area (Å²) in [4.78, 5) is 25.6. The normalized spacial score (nSPS) is 9.75. The lowest BCUT2D eigenvalue weighted by Gasteiger charge is -2.03. The van der Waals surface area contributed by atoms with Crippen molar-refractivity contribution in [3.63, 3.8) is 0 Å². The summed E-state index contributed by atoms with van der Waals surface area (Å²) >= 11 is 0. The molecule has 5 nitrogen and oxygen atoms in total. The highest BCUT2D eigenvalue weighted by Gasteiger charge is 2.04. The highest BCUT2D eigenvalue weighted by atomic mass is 16.4. The van der Waals surface area contributed by atoms with Crippen LogP contribution in [-0.2, 0) is 4.79 Å². The number of pyridine rings is 1. The summed E-state index contributed by atoms with van der Waals surface area (Å²) in [5.74, 6) is -1.04. The molecule has 0 atom stereocenters. The number of aliphatic carboxylic acids is 1. The van der Waals surface area contributed by atoms with Crippen LogP contribution in [0.4, 0.5) is 0 Å². The lowest BCUT2D eigenvalue weighted by molar-refractivity contribution is -0.137. The van der Waals surface area contributed by atoms with Crippen LogP contribution in [0.1, 0.15) is 29.8 Å². The third-order valence-corrected chi connectivity index (χ3v) is 2.00. The Morgan fingerprint density at radius 3 is 2.75 bits per heavy atom. The SMILES string of the molecule is O=C(O)CCCCNC(=O)c1ccccn1. The van der Waals surface area contributed by atoms with E-state index < -0.39 is 5.97 Å². The molecule has 1 aromatic heterocycles. The van der Waals surface area contributed by atoms with Crippen LogP contribution in [0.15, 0.2) is 24.4 Å². The predicted molar refractivity (Wildman–Crippen MR) is 58.1 cm³/mol. The molecule has 0 radical (unpaired) electrons. The van der Waals surface area contributed by atoms with Crippen molar-refractivity contribution in [1.29, 1.82) is 0 Å². The van der Waals surface area contributed by atoms with Crippen molar-refractivity contribution in [2.24, 2.45) is 0 Å². The van der Waals surface area contributed by atoms with E-state index in [1.54, 1.807) is 24.4 Å². The van der Waals surface area contributed by atoms with Crippen LogP contribution in [0, 0.1) is 0 Å². The average Bonchev–Trinajstić information content (AvgIpc) is 2.29. The Labute approximate surface area is 93.5 Å². The monoisotopic (exact) mass is 222 g/mol. The Hall–Kier alpha value is -1.91. The number of rotatable bonds is 6. The maximum absolute atomic E-state index is 11.5. The molecule has 16 heavy (non-hydrogen) atoms. The fourth-order valence-electron chi connectivity index (χ4n) is 1.19. The van der Waals surface area contributed by atoms with Gasteiger partial charge < -0.3 is 10.4 Å². The van der Waals surface area contributed by atoms with E-state index in [1.807, 2.05) is 0 Å². The summed E-state index contributed by atoms with van der Waals surface area (Å²) in [6.07, 6.45) is 2.92. The standard InChI is InChI=1S/C11H14N2O3/c14-10(15)6-2-4-8-13-11(16)9-5-1-3-7-12-9/h1,3,5,7H,2,4,6,8H2,(H,13,16)(H,14,15). The summed E-state index contributed by atoms with van der Waals surface area (Å²) in [5, 5.41) is 11.1. The zero-order valence-electron chi connectivity index (χ0n) is 8.85. The highest BCUT2D eigenvalue weighted by Crippen LogP contribution is 1.96. The molecule has 2 N–H and O–H groups in total. The van der Waals surface area contributed by atoms with Gasteiger partial charge >= 0.3 is 5.97 Å². The smallest absolute Gasteiger partial charge is 0.303 e. The fourth-order valence-corrected chi connectivity index (χ4v) is 1.19. The van der Waals surface area contributed by atoms with E-state index >= 15 is 0 Å². The number of carbonyl (C=O) groups excluding carboxylic acids is 1. The van der Waals surface area contributed by atoms with Crippen LogP contribution >= 0.6 is 0 Å².